The first-order chi connectivity index (χ1) is 4.43. The molecule has 2 N–H and O–H groups in total. The average molecular weight is 145 g/mol. The summed E-state index contributed by atoms with van der Waals surface area (Å²) >= 11 is 0. The van der Waals surface area contributed by atoms with Crippen LogP contribution in [0.4, 0.5) is 0 Å². The molecule has 0 bridgehead atoms. The quantitative estimate of drug-likeness (QED) is 0.545. The zero-order valence-corrected chi connectivity index (χ0v) is 6.90. The molecule has 0 radical (unpaired) electrons. The minimum absolute atomic E-state index is 0. The molecular formula is C8H19NO. The Morgan fingerprint density at radius 1 is 1.20 bits per heavy atom. The average Bonchev–Trinajstić information content (AvgIpc) is 1.76. The van der Waals surface area contributed by atoms with Gasteiger partial charge in [-0.2, -0.15) is 0 Å². The first-order valence-electron chi connectivity index (χ1n) is 4.16. The Morgan fingerprint density at radius 3 is 2.30 bits per heavy atom. The standard InChI is InChI=1S/C8H17N.H2O/c1-2-3-4-6-9-7-5-8-9;/h2-8H2,1H3;1H2. The molecule has 0 aliphatic carbocycles. The highest BCUT2D eigenvalue weighted by molar-refractivity contribution is 4.67. The molecule has 2 heteroatoms. The van der Waals surface area contributed by atoms with Crippen LogP contribution in [0.1, 0.15) is 32.6 Å². The van der Waals surface area contributed by atoms with Gasteiger partial charge in [0.1, 0.15) is 0 Å². The second kappa shape index (κ2) is 5.69. The lowest BCUT2D eigenvalue weighted by atomic mass is 10.2. The highest BCUT2D eigenvalue weighted by Crippen LogP contribution is 2.07. The number of hydrogen-bond acceptors (Lipinski definition) is 1. The molecule has 1 aliphatic heterocycles. The lowest BCUT2D eigenvalue weighted by Crippen LogP contribution is -2.37. The maximum atomic E-state index is 2.54. The van der Waals surface area contributed by atoms with Gasteiger partial charge < -0.3 is 10.4 Å². The summed E-state index contributed by atoms with van der Waals surface area (Å²) in [7, 11) is 0. The number of hydrogen-bond donors (Lipinski definition) is 0. The van der Waals surface area contributed by atoms with Crippen molar-refractivity contribution in [3.05, 3.63) is 0 Å². The van der Waals surface area contributed by atoms with E-state index in [1.807, 2.05) is 0 Å². The summed E-state index contributed by atoms with van der Waals surface area (Å²) in [6.07, 6.45) is 5.62. The summed E-state index contributed by atoms with van der Waals surface area (Å²) in [5, 5.41) is 0. The third kappa shape index (κ3) is 3.18. The molecule has 0 aromatic heterocycles. The summed E-state index contributed by atoms with van der Waals surface area (Å²) in [6.45, 7) is 6.34. The van der Waals surface area contributed by atoms with E-state index in [9.17, 15) is 0 Å². The first-order valence-corrected chi connectivity index (χ1v) is 4.16. The number of likely N-dealkylation sites (tertiary alicyclic amines) is 1. The Bertz CT molecular complexity index is 71.7. The molecule has 1 fully saturated rings. The van der Waals surface area contributed by atoms with Crippen LogP contribution < -0.4 is 0 Å². The zero-order valence-electron chi connectivity index (χ0n) is 6.90. The number of rotatable bonds is 4. The molecule has 2 nitrogen and oxygen atoms in total. The van der Waals surface area contributed by atoms with Crippen LogP contribution in [0.15, 0.2) is 0 Å². The van der Waals surface area contributed by atoms with Crippen molar-refractivity contribution in [2.75, 3.05) is 19.6 Å². The fourth-order valence-corrected chi connectivity index (χ4v) is 1.19. The molecule has 0 atom stereocenters. The normalized spacial score (nSPS) is 17.7. The molecule has 62 valence electrons. The maximum absolute atomic E-state index is 2.54. The lowest BCUT2D eigenvalue weighted by molar-refractivity contribution is 0.178. The molecule has 0 spiro atoms. The van der Waals surface area contributed by atoms with Gasteiger partial charge in [0, 0.05) is 0 Å². The minimum atomic E-state index is 0. The van der Waals surface area contributed by atoms with E-state index in [0.29, 0.717) is 0 Å². The van der Waals surface area contributed by atoms with Crippen LogP contribution in [0.2, 0.25) is 0 Å². The highest BCUT2D eigenvalue weighted by atomic mass is 16.0. The van der Waals surface area contributed by atoms with Crippen molar-refractivity contribution in [2.45, 2.75) is 32.6 Å². The Morgan fingerprint density at radius 2 is 1.90 bits per heavy atom. The highest BCUT2D eigenvalue weighted by Gasteiger charge is 2.11. The maximum Gasteiger partial charge on any atom is -0.000654 e. The topological polar surface area (TPSA) is 34.7 Å². The van der Waals surface area contributed by atoms with E-state index in [-0.39, 0.29) is 5.48 Å². The van der Waals surface area contributed by atoms with Crippen LogP contribution in [0.3, 0.4) is 0 Å². The zero-order chi connectivity index (χ0) is 6.53. The van der Waals surface area contributed by atoms with Crippen molar-refractivity contribution < 1.29 is 5.48 Å². The van der Waals surface area contributed by atoms with Crippen molar-refractivity contribution in [2.24, 2.45) is 0 Å². The van der Waals surface area contributed by atoms with Crippen LogP contribution in [-0.2, 0) is 0 Å². The second-order valence-electron chi connectivity index (χ2n) is 2.90. The molecular weight excluding hydrogens is 126 g/mol. The van der Waals surface area contributed by atoms with Crippen LogP contribution in [0.25, 0.3) is 0 Å². The molecule has 0 amide bonds. The van der Waals surface area contributed by atoms with Gasteiger partial charge in [0.2, 0.25) is 0 Å². The van der Waals surface area contributed by atoms with E-state index in [1.165, 1.54) is 45.3 Å². The lowest BCUT2D eigenvalue weighted by Gasteiger charge is -2.30. The Kier molecular flexibility index (Phi) is 5.64. The monoisotopic (exact) mass is 145 g/mol. The van der Waals surface area contributed by atoms with Gasteiger partial charge in [-0.1, -0.05) is 19.8 Å². The van der Waals surface area contributed by atoms with E-state index in [1.54, 1.807) is 0 Å². The van der Waals surface area contributed by atoms with Crippen molar-refractivity contribution in [3.8, 4) is 0 Å². The van der Waals surface area contributed by atoms with E-state index >= 15 is 0 Å². The summed E-state index contributed by atoms with van der Waals surface area (Å²) in [5.41, 5.74) is 0. The summed E-state index contributed by atoms with van der Waals surface area (Å²) in [6, 6.07) is 0. The fraction of sp³-hybridized carbons (Fsp3) is 1.00. The third-order valence-corrected chi connectivity index (χ3v) is 2.03. The van der Waals surface area contributed by atoms with E-state index in [0.717, 1.165) is 0 Å². The van der Waals surface area contributed by atoms with Gasteiger partial charge in [0.25, 0.3) is 0 Å². The molecule has 1 rings (SSSR count). The molecule has 1 heterocycles. The molecule has 10 heavy (non-hydrogen) atoms. The fourth-order valence-electron chi connectivity index (χ4n) is 1.19. The van der Waals surface area contributed by atoms with Crippen LogP contribution in [0.5, 0.6) is 0 Å². The van der Waals surface area contributed by atoms with E-state index < -0.39 is 0 Å². The van der Waals surface area contributed by atoms with Crippen LogP contribution >= 0.6 is 0 Å². The number of nitrogens with zero attached hydrogens (tertiary/aromatic N) is 1. The molecule has 0 aromatic rings. The van der Waals surface area contributed by atoms with Crippen molar-refractivity contribution in [1.29, 1.82) is 0 Å². The third-order valence-electron chi connectivity index (χ3n) is 2.03. The van der Waals surface area contributed by atoms with Crippen molar-refractivity contribution >= 4 is 0 Å². The van der Waals surface area contributed by atoms with Gasteiger partial charge in [0.15, 0.2) is 0 Å². The molecule has 1 saturated heterocycles. The molecule has 1 aliphatic rings. The van der Waals surface area contributed by atoms with Gasteiger partial charge in [-0.05, 0) is 32.5 Å². The Balaban J connectivity index is 0.000000810. The van der Waals surface area contributed by atoms with Crippen LogP contribution in [-0.4, -0.2) is 30.0 Å². The smallest absolute Gasteiger partial charge is 0.000654 e. The largest absolute Gasteiger partial charge is 0.412 e. The van der Waals surface area contributed by atoms with E-state index in [4.69, 9.17) is 0 Å². The van der Waals surface area contributed by atoms with Crippen molar-refractivity contribution in [1.82, 2.24) is 4.90 Å². The summed E-state index contributed by atoms with van der Waals surface area (Å²) < 4.78 is 0. The Hall–Kier alpha value is -0.0800. The first kappa shape index (κ1) is 9.92. The minimum Gasteiger partial charge on any atom is -0.412 e. The second-order valence-corrected chi connectivity index (χ2v) is 2.90. The predicted molar refractivity (Wildman–Crippen MR) is 44.2 cm³/mol. The van der Waals surface area contributed by atoms with Crippen molar-refractivity contribution in [3.63, 3.8) is 0 Å². The molecule has 0 unspecified atom stereocenters. The predicted octanol–water partition coefficient (Wildman–Crippen LogP) is 1.06. The summed E-state index contributed by atoms with van der Waals surface area (Å²) in [5.74, 6) is 0. The van der Waals surface area contributed by atoms with Gasteiger partial charge in [-0.3, -0.25) is 0 Å². The van der Waals surface area contributed by atoms with Gasteiger partial charge in [-0.25, -0.2) is 0 Å². The summed E-state index contributed by atoms with van der Waals surface area (Å²) in [4.78, 5) is 2.54. The SMILES string of the molecule is CCCCCN1CCC1.O. The van der Waals surface area contributed by atoms with Gasteiger partial charge >= 0.3 is 0 Å². The number of unbranched alkanes of at least 4 members (excludes halogenated alkanes) is 2. The van der Waals surface area contributed by atoms with Crippen LogP contribution in [0, 0.1) is 0 Å². The van der Waals surface area contributed by atoms with Gasteiger partial charge in [0.05, 0.1) is 0 Å². The van der Waals surface area contributed by atoms with Gasteiger partial charge in [-0.15, -0.1) is 0 Å². The molecule has 0 aromatic carbocycles. The Labute approximate surface area is 63.5 Å². The molecule has 0 saturated carbocycles. The van der Waals surface area contributed by atoms with E-state index in [2.05, 4.69) is 11.8 Å².